The van der Waals surface area contributed by atoms with Gasteiger partial charge in [-0.2, -0.15) is 0 Å². The quantitative estimate of drug-likeness (QED) is 0.471. The van der Waals surface area contributed by atoms with E-state index >= 15 is 0 Å². The smallest absolute Gasteiger partial charge is 0.104 e. The molecule has 1 nitrogen and oxygen atoms in total. The van der Waals surface area contributed by atoms with Crippen LogP contribution in [0.2, 0.25) is 0 Å². The van der Waals surface area contributed by atoms with Crippen LogP contribution in [0.1, 0.15) is 18.1 Å². The minimum Gasteiger partial charge on any atom is -1.00 e. The summed E-state index contributed by atoms with van der Waals surface area (Å²) < 4.78 is 1.21. The number of halogens is 1. The Morgan fingerprint density at radius 2 is 1.86 bits per heavy atom. The molecular formula is C12H18IN. The fourth-order valence-electron chi connectivity index (χ4n) is 2.11. The molecule has 0 saturated heterocycles. The van der Waals surface area contributed by atoms with E-state index in [9.17, 15) is 0 Å². The molecule has 1 unspecified atom stereocenters. The highest BCUT2D eigenvalue weighted by Gasteiger charge is 2.25. The van der Waals surface area contributed by atoms with Gasteiger partial charge < -0.3 is 28.5 Å². The summed E-state index contributed by atoms with van der Waals surface area (Å²) in [6.45, 7) is 6.04. The van der Waals surface area contributed by atoms with Crippen molar-refractivity contribution in [3.05, 3.63) is 35.4 Å². The molecule has 0 amide bonds. The Kier molecular flexibility index (Phi) is 3.95. The Bertz CT molecular complexity index is 311. The summed E-state index contributed by atoms with van der Waals surface area (Å²) in [7, 11) is 2.36. The van der Waals surface area contributed by atoms with Gasteiger partial charge in [-0.15, -0.1) is 0 Å². The van der Waals surface area contributed by atoms with Crippen LogP contribution in [0.3, 0.4) is 0 Å². The van der Waals surface area contributed by atoms with Crippen molar-refractivity contribution in [3.63, 3.8) is 0 Å². The van der Waals surface area contributed by atoms with Crippen LogP contribution in [0.5, 0.6) is 0 Å². The molecule has 14 heavy (non-hydrogen) atoms. The predicted molar refractivity (Wildman–Crippen MR) is 55.4 cm³/mol. The Balaban J connectivity index is 0.000000980. The number of hydrogen-bond acceptors (Lipinski definition) is 0. The van der Waals surface area contributed by atoms with E-state index in [1.54, 1.807) is 11.1 Å². The number of quaternary nitrogens is 1. The van der Waals surface area contributed by atoms with Crippen LogP contribution in [0, 0.1) is 0 Å². The van der Waals surface area contributed by atoms with Gasteiger partial charge in [-0.3, -0.25) is 0 Å². The average Bonchev–Trinajstić information content (AvgIpc) is 2.18. The maximum Gasteiger partial charge on any atom is 0.104 e. The van der Waals surface area contributed by atoms with Crippen molar-refractivity contribution >= 4 is 0 Å². The van der Waals surface area contributed by atoms with Gasteiger partial charge in [-0.05, 0) is 12.5 Å². The molecule has 0 N–H and O–H groups in total. The van der Waals surface area contributed by atoms with Crippen LogP contribution in [0.25, 0.3) is 0 Å². The molecule has 78 valence electrons. The summed E-state index contributed by atoms with van der Waals surface area (Å²) in [5, 5.41) is 0. The fraction of sp³-hybridized carbons (Fsp3) is 0.500. The highest BCUT2D eigenvalue weighted by molar-refractivity contribution is 5.27. The first-order valence-electron chi connectivity index (χ1n) is 5.14. The Morgan fingerprint density at radius 1 is 1.21 bits per heavy atom. The molecule has 2 rings (SSSR count). The molecule has 2 heteroatoms. The van der Waals surface area contributed by atoms with E-state index in [2.05, 4.69) is 38.2 Å². The van der Waals surface area contributed by atoms with E-state index in [0.29, 0.717) is 0 Å². The summed E-state index contributed by atoms with van der Waals surface area (Å²) in [5.41, 5.74) is 3.12. The van der Waals surface area contributed by atoms with Crippen LogP contribution in [-0.4, -0.2) is 24.6 Å². The Hall–Kier alpha value is -0.0900. The third-order valence-electron chi connectivity index (χ3n) is 3.35. The zero-order valence-electron chi connectivity index (χ0n) is 8.96. The Labute approximate surface area is 104 Å². The summed E-state index contributed by atoms with van der Waals surface area (Å²) in [6, 6.07) is 8.86. The monoisotopic (exact) mass is 303 g/mol. The third kappa shape index (κ3) is 2.28. The average molecular weight is 303 g/mol. The van der Waals surface area contributed by atoms with Gasteiger partial charge in [-0.25, -0.2) is 0 Å². The molecule has 0 bridgehead atoms. The van der Waals surface area contributed by atoms with Gasteiger partial charge in [0.1, 0.15) is 6.54 Å². The van der Waals surface area contributed by atoms with Crippen molar-refractivity contribution in [2.45, 2.75) is 19.9 Å². The van der Waals surface area contributed by atoms with Gasteiger partial charge in [0.15, 0.2) is 0 Å². The lowest BCUT2D eigenvalue weighted by molar-refractivity contribution is -0.922. The molecule has 1 aromatic rings. The molecule has 0 saturated carbocycles. The second-order valence-corrected chi connectivity index (χ2v) is 4.34. The summed E-state index contributed by atoms with van der Waals surface area (Å²) in [5.74, 6) is 0. The van der Waals surface area contributed by atoms with E-state index in [1.807, 2.05) is 0 Å². The second-order valence-electron chi connectivity index (χ2n) is 4.34. The first-order valence-corrected chi connectivity index (χ1v) is 5.14. The van der Waals surface area contributed by atoms with Crippen LogP contribution in [-0.2, 0) is 13.0 Å². The van der Waals surface area contributed by atoms with E-state index in [4.69, 9.17) is 0 Å². The van der Waals surface area contributed by atoms with Crippen LogP contribution < -0.4 is 24.0 Å². The van der Waals surface area contributed by atoms with E-state index in [0.717, 1.165) is 0 Å². The first kappa shape index (κ1) is 12.0. The topological polar surface area (TPSA) is 0 Å². The van der Waals surface area contributed by atoms with Gasteiger partial charge in [0, 0.05) is 12.0 Å². The van der Waals surface area contributed by atoms with Crippen LogP contribution in [0.15, 0.2) is 24.3 Å². The molecular weight excluding hydrogens is 285 g/mol. The molecule has 1 aliphatic rings. The highest BCUT2D eigenvalue weighted by Crippen LogP contribution is 2.22. The summed E-state index contributed by atoms with van der Waals surface area (Å²) >= 11 is 0. The van der Waals surface area contributed by atoms with Crippen LogP contribution >= 0.6 is 0 Å². The van der Waals surface area contributed by atoms with Crippen molar-refractivity contribution in [1.82, 2.24) is 0 Å². The molecule has 0 aliphatic carbocycles. The lowest BCUT2D eigenvalue weighted by Gasteiger charge is -2.37. The number of fused-ring (bicyclic) bond motifs is 1. The minimum atomic E-state index is 0. The van der Waals surface area contributed by atoms with Gasteiger partial charge in [-0.1, -0.05) is 24.3 Å². The van der Waals surface area contributed by atoms with Crippen molar-refractivity contribution in [2.75, 3.05) is 20.1 Å². The summed E-state index contributed by atoms with van der Waals surface area (Å²) in [4.78, 5) is 0. The van der Waals surface area contributed by atoms with Crippen molar-refractivity contribution in [3.8, 4) is 0 Å². The number of likely N-dealkylation sites (N-methyl/N-ethyl adjacent to an activating group) is 1. The molecule has 1 atom stereocenters. The van der Waals surface area contributed by atoms with Gasteiger partial charge in [0.05, 0.1) is 20.1 Å². The van der Waals surface area contributed by atoms with Crippen molar-refractivity contribution in [1.29, 1.82) is 0 Å². The standard InChI is InChI=1S/C12H18N.HI/c1-3-13(2)9-8-11-6-4-5-7-12(11)10-13;/h4-7H,3,8-10H2,1-2H3;1H/q+1;/p-1. The number of hydrogen-bond donors (Lipinski definition) is 0. The first-order chi connectivity index (χ1) is 6.23. The minimum absolute atomic E-state index is 0. The normalized spacial score (nSPS) is 25.0. The van der Waals surface area contributed by atoms with E-state index < -0.39 is 0 Å². The second kappa shape index (κ2) is 4.62. The van der Waals surface area contributed by atoms with Crippen molar-refractivity contribution in [2.24, 2.45) is 0 Å². The SMILES string of the molecule is CC[N+]1(C)CCc2ccccc2C1.[I-]. The lowest BCUT2D eigenvalue weighted by Crippen LogP contribution is -3.00. The molecule has 0 fully saturated rings. The molecule has 1 heterocycles. The maximum atomic E-state index is 2.36. The molecule has 0 radical (unpaired) electrons. The zero-order chi connectivity index (χ0) is 9.31. The number of rotatable bonds is 1. The molecule has 0 spiro atoms. The molecule has 0 aromatic heterocycles. The van der Waals surface area contributed by atoms with Gasteiger partial charge >= 0.3 is 0 Å². The maximum absolute atomic E-state index is 2.36. The molecule has 1 aromatic carbocycles. The van der Waals surface area contributed by atoms with E-state index in [-0.39, 0.29) is 24.0 Å². The third-order valence-corrected chi connectivity index (χ3v) is 3.35. The van der Waals surface area contributed by atoms with Crippen LogP contribution in [0.4, 0.5) is 0 Å². The predicted octanol–water partition coefficient (Wildman–Crippen LogP) is -0.787. The Morgan fingerprint density at radius 3 is 2.50 bits per heavy atom. The fourth-order valence-corrected chi connectivity index (χ4v) is 2.11. The highest BCUT2D eigenvalue weighted by atomic mass is 127. The number of benzene rings is 1. The molecule has 1 aliphatic heterocycles. The lowest BCUT2D eigenvalue weighted by atomic mass is 9.98. The largest absolute Gasteiger partial charge is 1.00 e. The van der Waals surface area contributed by atoms with Gasteiger partial charge in [0.25, 0.3) is 0 Å². The van der Waals surface area contributed by atoms with E-state index in [1.165, 1.54) is 30.5 Å². The summed E-state index contributed by atoms with van der Waals surface area (Å²) in [6.07, 6.45) is 1.25. The number of nitrogens with zero attached hydrogens (tertiary/aromatic N) is 1. The zero-order valence-corrected chi connectivity index (χ0v) is 11.1. The van der Waals surface area contributed by atoms with Crippen molar-refractivity contribution < 1.29 is 28.5 Å². The van der Waals surface area contributed by atoms with Gasteiger partial charge in [0.2, 0.25) is 0 Å².